The predicted molar refractivity (Wildman–Crippen MR) is 101 cm³/mol. The third-order valence-corrected chi connectivity index (χ3v) is 5.16. The van der Waals surface area contributed by atoms with Gasteiger partial charge < -0.3 is 16.0 Å². The molecule has 4 rings (SSSR count). The summed E-state index contributed by atoms with van der Waals surface area (Å²) in [6.45, 7) is 0.461. The van der Waals surface area contributed by atoms with E-state index in [1.807, 2.05) is 6.07 Å². The number of halogens is 1. The van der Waals surface area contributed by atoms with Gasteiger partial charge in [-0.2, -0.15) is 0 Å². The van der Waals surface area contributed by atoms with Gasteiger partial charge in [0.15, 0.2) is 5.82 Å². The molecule has 2 aliphatic rings. The molecule has 0 aromatic heterocycles. The molecule has 144 valence electrons. The van der Waals surface area contributed by atoms with E-state index in [1.165, 1.54) is 11.0 Å². The van der Waals surface area contributed by atoms with Gasteiger partial charge in [-0.3, -0.25) is 19.7 Å². The molecule has 1 saturated heterocycles. The first-order chi connectivity index (χ1) is 13.5. The average Bonchev–Trinajstić information content (AvgIpc) is 3.00. The highest BCUT2D eigenvalue weighted by Crippen LogP contribution is 2.32. The molecular formula is C20H19FN4O3. The molecule has 7 nitrogen and oxygen atoms in total. The number of nitrogens with two attached hydrogens (primary N) is 1. The van der Waals surface area contributed by atoms with Crippen LogP contribution in [0.3, 0.4) is 0 Å². The molecule has 2 heterocycles. The fraction of sp³-hybridized carbons (Fsp3) is 0.250. The van der Waals surface area contributed by atoms with E-state index in [1.54, 1.807) is 24.3 Å². The normalized spacial score (nSPS) is 18.8. The number of carbonyl (C=O) groups excluding carboxylic acids is 3. The van der Waals surface area contributed by atoms with Gasteiger partial charge in [-0.15, -0.1) is 0 Å². The summed E-state index contributed by atoms with van der Waals surface area (Å²) in [7, 11) is 0. The summed E-state index contributed by atoms with van der Waals surface area (Å²) in [5.74, 6) is -1.49. The lowest BCUT2D eigenvalue weighted by Gasteiger charge is -2.29. The van der Waals surface area contributed by atoms with Crippen molar-refractivity contribution in [1.29, 1.82) is 0 Å². The molecule has 2 aromatic rings. The molecule has 2 aromatic carbocycles. The van der Waals surface area contributed by atoms with Crippen LogP contribution in [0.15, 0.2) is 36.4 Å². The Morgan fingerprint density at radius 2 is 1.96 bits per heavy atom. The number of benzene rings is 2. The Kier molecular flexibility index (Phi) is 4.46. The second kappa shape index (κ2) is 6.95. The van der Waals surface area contributed by atoms with Crippen molar-refractivity contribution in [3.8, 4) is 0 Å². The SMILES string of the molecule is Nc1cccc(CNc2cccc3c2CN([C@H]2CCC(=O)NC2=O)C3=O)c1F. The van der Waals surface area contributed by atoms with Gasteiger partial charge in [0.2, 0.25) is 11.8 Å². The van der Waals surface area contributed by atoms with Crippen LogP contribution in [-0.4, -0.2) is 28.7 Å². The zero-order valence-corrected chi connectivity index (χ0v) is 15.0. The number of nitrogens with zero attached hydrogens (tertiary/aromatic N) is 1. The maximum Gasteiger partial charge on any atom is 0.255 e. The largest absolute Gasteiger partial charge is 0.396 e. The summed E-state index contributed by atoms with van der Waals surface area (Å²) in [5, 5.41) is 5.45. The van der Waals surface area contributed by atoms with Crippen LogP contribution in [0.5, 0.6) is 0 Å². The van der Waals surface area contributed by atoms with Crippen LogP contribution in [0.25, 0.3) is 0 Å². The number of piperidine rings is 1. The maximum atomic E-state index is 14.1. The molecule has 2 aliphatic heterocycles. The van der Waals surface area contributed by atoms with Gasteiger partial charge in [-0.25, -0.2) is 4.39 Å². The topological polar surface area (TPSA) is 105 Å². The number of nitrogens with one attached hydrogen (secondary N) is 2. The van der Waals surface area contributed by atoms with Crippen molar-refractivity contribution >= 4 is 29.1 Å². The number of hydrogen-bond acceptors (Lipinski definition) is 5. The quantitative estimate of drug-likeness (QED) is 0.552. The zero-order chi connectivity index (χ0) is 19.8. The Labute approximate surface area is 160 Å². The number of nitrogen functional groups attached to an aromatic ring is 1. The van der Waals surface area contributed by atoms with E-state index >= 15 is 0 Å². The average molecular weight is 382 g/mol. The second-order valence-corrected chi connectivity index (χ2v) is 6.91. The van der Waals surface area contributed by atoms with Gasteiger partial charge in [0, 0.05) is 41.9 Å². The van der Waals surface area contributed by atoms with Crippen molar-refractivity contribution in [1.82, 2.24) is 10.2 Å². The lowest BCUT2D eigenvalue weighted by atomic mass is 10.0. The molecule has 0 unspecified atom stereocenters. The predicted octanol–water partition coefficient (Wildman–Crippen LogP) is 1.78. The van der Waals surface area contributed by atoms with Gasteiger partial charge >= 0.3 is 0 Å². The smallest absolute Gasteiger partial charge is 0.255 e. The summed E-state index contributed by atoms with van der Waals surface area (Å²) >= 11 is 0. The standard InChI is InChI=1S/C20H19FN4O3/c21-18-11(3-1-5-14(18)22)9-23-15-6-2-4-12-13(15)10-25(20(12)28)16-7-8-17(26)24-19(16)27/h1-6,16,23H,7-10,22H2,(H,24,26,27)/t16-/m0/s1. The minimum atomic E-state index is -0.670. The third-order valence-electron chi connectivity index (χ3n) is 5.16. The second-order valence-electron chi connectivity index (χ2n) is 6.91. The first kappa shape index (κ1) is 18.0. The first-order valence-electron chi connectivity index (χ1n) is 8.99. The Hall–Kier alpha value is -3.42. The van der Waals surface area contributed by atoms with Crippen LogP contribution in [0, 0.1) is 5.82 Å². The highest BCUT2D eigenvalue weighted by molar-refractivity contribution is 6.06. The highest BCUT2D eigenvalue weighted by atomic mass is 19.1. The van der Waals surface area contributed by atoms with Gasteiger partial charge in [-0.05, 0) is 24.6 Å². The molecule has 0 saturated carbocycles. The van der Waals surface area contributed by atoms with Gasteiger partial charge in [0.1, 0.15) is 6.04 Å². The van der Waals surface area contributed by atoms with Crippen molar-refractivity contribution in [2.24, 2.45) is 0 Å². The van der Waals surface area contributed by atoms with Crippen LogP contribution >= 0.6 is 0 Å². The Bertz CT molecular complexity index is 991. The molecule has 1 atom stereocenters. The molecule has 0 radical (unpaired) electrons. The molecule has 0 aliphatic carbocycles. The lowest BCUT2D eigenvalue weighted by Crippen LogP contribution is -2.52. The minimum Gasteiger partial charge on any atom is -0.396 e. The number of imide groups is 1. The Morgan fingerprint density at radius 3 is 2.75 bits per heavy atom. The maximum absolute atomic E-state index is 14.1. The van der Waals surface area contributed by atoms with E-state index in [9.17, 15) is 18.8 Å². The molecular weight excluding hydrogens is 363 g/mol. The monoisotopic (exact) mass is 382 g/mol. The summed E-state index contributed by atoms with van der Waals surface area (Å²) in [5.41, 5.74) is 8.06. The Morgan fingerprint density at radius 1 is 1.18 bits per heavy atom. The van der Waals surface area contributed by atoms with Crippen LogP contribution in [0.1, 0.15) is 34.3 Å². The van der Waals surface area contributed by atoms with E-state index in [0.29, 0.717) is 23.2 Å². The molecule has 28 heavy (non-hydrogen) atoms. The van der Waals surface area contributed by atoms with Crippen LogP contribution in [0.4, 0.5) is 15.8 Å². The fourth-order valence-electron chi connectivity index (χ4n) is 3.68. The van der Waals surface area contributed by atoms with Crippen molar-refractivity contribution in [3.05, 3.63) is 58.9 Å². The number of amides is 3. The Balaban J connectivity index is 1.55. The van der Waals surface area contributed by atoms with Crippen LogP contribution in [-0.2, 0) is 22.7 Å². The van der Waals surface area contributed by atoms with Crippen molar-refractivity contribution in [3.63, 3.8) is 0 Å². The molecule has 3 amide bonds. The van der Waals surface area contributed by atoms with Gasteiger partial charge in [-0.1, -0.05) is 18.2 Å². The van der Waals surface area contributed by atoms with E-state index in [2.05, 4.69) is 10.6 Å². The summed E-state index contributed by atoms with van der Waals surface area (Å²) in [6, 6.07) is 9.40. The van der Waals surface area contributed by atoms with Gasteiger partial charge in [0.25, 0.3) is 5.91 Å². The van der Waals surface area contributed by atoms with Crippen molar-refractivity contribution in [2.75, 3.05) is 11.1 Å². The first-order valence-corrected chi connectivity index (χ1v) is 8.99. The van der Waals surface area contributed by atoms with Crippen LogP contribution < -0.4 is 16.4 Å². The minimum absolute atomic E-state index is 0.0804. The van der Waals surface area contributed by atoms with E-state index in [4.69, 9.17) is 5.73 Å². The summed E-state index contributed by atoms with van der Waals surface area (Å²) in [6.07, 6.45) is 0.512. The van der Waals surface area contributed by atoms with Crippen LogP contribution in [0.2, 0.25) is 0 Å². The number of anilines is 2. The van der Waals surface area contributed by atoms with E-state index in [0.717, 1.165) is 5.56 Å². The highest BCUT2D eigenvalue weighted by Gasteiger charge is 2.39. The number of hydrogen-bond donors (Lipinski definition) is 3. The van der Waals surface area contributed by atoms with E-state index < -0.39 is 17.8 Å². The third kappa shape index (κ3) is 3.06. The van der Waals surface area contributed by atoms with Crippen molar-refractivity contribution in [2.45, 2.75) is 32.0 Å². The van der Waals surface area contributed by atoms with Gasteiger partial charge in [0.05, 0.1) is 5.69 Å². The molecule has 4 N–H and O–H groups in total. The number of carbonyl (C=O) groups is 3. The molecule has 8 heteroatoms. The van der Waals surface area contributed by atoms with Crippen molar-refractivity contribution < 1.29 is 18.8 Å². The fourth-order valence-corrected chi connectivity index (χ4v) is 3.68. The lowest BCUT2D eigenvalue weighted by molar-refractivity contribution is -0.136. The number of fused-ring (bicyclic) bond motifs is 1. The molecule has 0 spiro atoms. The zero-order valence-electron chi connectivity index (χ0n) is 15.0. The number of rotatable bonds is 4. The summed E-state index contributed by atoms with van der Waals surface area (Å²) < 4.78 is 14.1. The molecule has 1 fully saturated rings. The van der Waals surface area contributed by atoms with E-state index in [-0.39, 0.29) is 37.0 Å². The molecule has 0 bridgehead atoms. The summed E-state index contributed by atoms with van der Waals surface area (Å²) in [4.78, 5) is 37.8.